The van der Waals surface area contributed by atoms with Crippen LogP contribution >= 0.6 is 23.2 Å². The number of ether oxygens (including phenoxy) is 1. The van der Waals surface area contributed by atoms with E-state index in [2.05, 4.69) is 0 Å². The van der Waals surface area contributed by atoms with Crippen molar-refractivity contribution in [3.63, 3.8) is 0 Å². The standard InChI is InChI=1S/C25H18Cl2FNO5/c1-34-24-18(10-15(26)11-19(24)27)22(31)20-21(14-4-8-17(30)9-5-14)29(25(33)23(20)32)12-13-2-6-16(28)7-3-13/h2-11,21,30-31H,12H2,1H3/b22-20+. The molecule has 1 heterocycles. The van der Waals surface area contributed by atoms with Crippen LogP contribution in [0.5, 0.6) is 11.5 Å². The molecule has 0 aromatic heterocycles. The van der Waals surface area contributed by atoms with Gasteiger partial charge in [-0.15, -0.1) is 0 Å². The number of aromatic hydroxyl groups is 1. The molecule has 34 heavy (non-hydrogen) atoms. The van der Waals surface area contributed by atoms with E-state index in [1.54, 1.807) is 12.1 Å². The highest BCUT2D eigenvalue weighted by Crippen LogP contribution is 2.44. The fraction of sp³-hybridized carbons (Fsp3) is 0.120. The van der Waals surface area contributed by atoms with Crippen molar-refractivity contribution in [3.05, 3.63) is 98.8 Å². The Labute approximate surface area is 204 Å². The predicted molar refractivity (Wildman–Crippen MR) is 125 cm³/mol. The van der Waals surface area contributed by atoms with E-state index in [9.17, 15) is 24.2 Å². The normalized spacial score (nSPS) is 17.3. The number of nitrogens with zero attached hydrogens (tertiary/aromatic N) is 1. The third-order valence-electron chi connectivity index (χ3n) is 5.48. The molecule has 9 heteroatoms. The zero-order valence-electron chi connectivity index (χ0n) is 17.8. The number of halogens is 3. The zero-order chi connectivity index (χ0) is 24.6. The van der Waals surface area contributed by atoms with Gasteiger partial charge in [-0.25, -0.2) is 4.39 Å². The highest BCUT2D eigenvalue weighted by Gasteiger charge is 2.46. The van der Waals surface area contributed by atoms with Gasteiger partial charge in [0.05, 0.1) is 29.3 Å². The Balaban J connectivity index is 1.91. The van der Waals surface area contributed by atoms with E-state index in [1.165, 1.54) is 60.5 Å². The number of aliphatic hydroxyl groups excluding tert-OH is 1. The van der Waals surface area contributed by atoms with E-state index in [0.717, 1.165) is 0 Å². The molecule has 1 amide bonds. The summed E-state index contributed by atoms with van der Waals surface area (Å²) in [6, 6.07) is 13.2. The van der Waals surface area contributed by atoms with Crippen LogP contribution in [-0.2, 0) is 16.1 Å². The largest absolute Gasteiger partial charge is 0.508 e. The molecule has 1 saturated heterocycles. The first-order chi connectivity index (χ1) is 16.2. The number of carbonyl (C=O) groups excluding carboxylic acids is 2. The van der Waals surface area contributed by atoms with Crippen LogP contribution in [0.4, 0.5) is 4.39 Å². The van der Waals surface area contributed by atoms with Gasteiger partial charge in [0.1, 0.15) is 23.1 Å². The summed E-state index contributed by atoms with van der Waals surface area (Å²) < 4.78 is 18.7. The van der Waals surface area contributed by atoms with E-state index in [4.69, 9.17) is 27.9 Å². The third-order valence-corrected chi connectivity index (χ3v) is 5.98. The molecule has 6 nitrogen and oxygen atoms in total. The minimum absolute atomic E-state index is 0.0115. The maximum atomic E-state index is 13.4. The monoisotopic (exact) mass is 501 g/mol. The number of carbonyl (C=O) groups is 2. The highest BCUT2D eigenvalue weighted by molar-refractivity contribution is 6.46. The summed E-state index contributed by atoms with van der Waals surface area (Å²) in [5.74, 6) is -2.66. The number of amides is 1. The minimum Gasteiger partial charge on any atom is -0.508 e. The van der Waals surface area contributed by atoms with E-state index in [0.29, 0.717) is 11.1 Å². The second kappa shape index (κ2) is 9.37. The average Bonchev–Trinajstić information content (AvgIpc) is 3.05. The summed E-state index contributed by atoms with van der Waals surface area (Å²) in [7, 11) is 1.34. The van der Waals surface area contributed by atoms with Crippen LogP contribution in [-0.4, -0.2) is 33.9 Å². The number of hydrogen-bond donors (Lipinski definition) is 2. The number of methoxy groups -OCH3 is 1. The number of ketones is 1. The smallest absolute Gasteiger partial charge is 0.295 e. The number of phenols is 1. The van der Waals surface area contributed by atoms with Crippen molar-refractivity contribution in [2.45, 2.75) is 12.6 Å². The van der Waals surface area contributed by atoms with Gasteiger partial charge >= 0.3 is 0 Å². The first kappa shape index (κ1) is 23.6. The molecule has 3 aromatic rings. The molecule has 0 radical (unpaired) electrons. The molecule has 2 N–H and O–H groups in total. The number of rotatable bonds is 5. The second-order valence-corrected chi connectivity index (χ2v) is 8.46. The molecule has 0 bridgehead atoms. The van der Waals surface area contributed by atoms with Gasteiger partial charge in [0.15, 0.2) is 0 Å². The molecule has 1 unspecified atom stereocenters. The maximum Gasteiger partial charge on any atom is 0.295 e. The van der Waals surface area contributed by atoms with Crippen molar-refractivity contribution < 1.29 is 28.9 Å². The van der Waals surface area contributed by atoms with Gasteiger partial charge in [0, 0.05) is 11.6 Å². The Hall–Kier alpha value is -3.55. The number of hydrogen-bond acceptors (Lipinski definition) is 5. The molecule has 0 aliphatic carbocycles. The molecule has 4 rings (SSSR count). The van der Waals surface area contributed by atoms with Gasteiger partial charge in [0.2, 0.25) is 0 Å². The Kier molecular flexibility index (Phi) is 6.50. The topological polar surface area (TPSA) is 87.1 Å². The van der Waals surface area contributed by atoms with Crippen molar-refractivity contribution in [2.24, 2.45) is 0 Å². The number of likely N-dealkylation sites (tertiary alicyclic amines) is 1. The van der Waals surface area contributed by atoms with Crippen LogP contribution in [0.1, 0.15) is 22.7 Å². The van der Waals surface area contributed by atoms with Crippen LogP contribution in [0.25, 0.3) is 5.76 Å². The van der Waals surface area contributed by atoms with E-state index >= 15 is 0 Å². The lowest BCUT2D eigenvalue weighted by molar-refractivity contribution is -0.140. The summed E-state index contributed by atoms with van der Waals surface area (Å²) >= 11 is 12.3. The molecule has 1 atom stereocenters. The summed E-state index contributed by atoms with van der Waals surface area (Å²) in [6.45, 7) is -0.0272. The Morgan fingerprint density at radius 3 is 2.32 bits per heavy atom. The number of Topliss-reactive ketones (excluding diaryl/α,β-unsaturated/α-hetero) is 1. The molecule has 174 valence electrons. The lowest BCUT2D eigenvalue weighted by atomic mass is 9.94. The quantitative estimate of drug-likeness (QED) is 0.275. The number of phenolic OH excluding ortho intramolecular Hbond substituents is 1. The van der Waals surface area contributed by atoms with E-state index in [-0.39, 0.29) is 39.2 Å². The van der Waals surface area contributed by atoms with Crippen LogP contribution in [0.2, 0.25) is 10.0 Å². The highest BCUT2D eigenvalue weighted by atomic mass is 35.5. The lowest BCUT2D eigenvalue weighted by Crippen LogP contribution is -2.29. The van der Waals surface area contributed by atoms with Gasteiger partial charge in [-0.05, 0) is 47.5 Å². The van der Waals surface area contributed by atoms with E-state index < -0.39 is 29.3 Å². The van der Waals surface area contributed by atoms with Crippen molar-refractivity contribution in [1.29, 1.82) is 0 Å². The summed E-state index contributed by atoms with van der Waals surface area (Å²) in [5, 5.41) is 21.3. The molecule has 1 aliphatic rings. The minimum atomic E-state index is -1.01. The van der Waals surface area contributed by atoms with Crippen molar-refractivity contribution in [2.75, 3.05) is 7.11 Å². The van der Waals surface area contributed by atoms with Crippen LogP contribution in [0.3, 0.4) is 0 Å². The number of aliphatic hydroxyl groups is 1. The Morgan fingerprint density at radius 1 is 1.06 bits per heavy atom. The summed E-state index contributed by atoms with van der Waals surface area (Å²) in [4.78, 5) is 27.5. The van der Waals surface area contributed by atoms with Gasteiger partial charge < -0.3 is 19.8 Å². The van der Waals surface area contributed by atoms with Gasteiger partial charge in [-0.2, -0.15) is 0 Å². The molecular weight excluding hydrogens is 484 g/mol. The Morgan fingerprint density at radius 2 is 1.71 bits per heavy atom. The van der Waals surface area contributed by atoms with Crippen molar-refractivity contribution >= 4 is 40.7 Å². The summed E-state index contributed by atoms with van der Waals surface area (Å²) in [5.41, 5.74) is 0.890. The first-order valence-electron chi connectivity index (χ1n) is 10.1. The zero-order valence-corrected chi connectivity index (χ0v) is 19.3. The van der Waals surface area contributed by atoms with Crippen molar-refractivity contribution in [3.8, 4) is 11.5 Å². The van der Waals surface area contributed by atoms with Gasteiger partial charge in [-0.3, -0.25) is 9.59 Å². The lowest BCUT2D eigenvalue weighted by Gasteiger charge is -2.25. The number of benzene rings is 3. The van der Waals surface area contributed by atoms with Crippen LogP contribution < -0.4 is 4.74 Å². The molecule has 1 aliphatic heterocycles. The third kappa shape index (κ3) is 4.32. The van der Waals surface area contributed by atoms with Gasteiger partial charge in [-0.1, -0.05) is 47.5 Å². The molecular formula is C25H18Cl2FNO5. The second-order valence-electron chi connectivity index (χ2n) is 7.61. The molecule has 0 saturated carbocycles. The fourth-order valence-electron chi connectivity index (χ4n) is 3.92. The maximum absolute atomic E-state index is 13.4. The predicted octanol–water partition coefficient (Wildman–Crippen LogP) is 5.47. The molecule has 3 aromatic carbocycles. The molecule has 1 fully saturated rings. The average molecular weight is 502 g/mol. The van der Waals surface area contributed by atoms with Crippen molar-refractivity contribution in [1.82, 2.24) is 4.90 Å². The van der Waals surface area contributed by atoms with Gasteiger partial charge in [0.25, 0.3) is 11.7 Å². The first-order valence-corrected chi connectivity index (χ1v) is 10.8. The Bertz CT molecular complexity index is 1310. The SMILES string of the molecule is COc1c(Cl)cc(Cl)cc1/C(O)=C1\C(=O)C(=O)N(Cc2ccc(F)cc2)C1c1ccc(O)cc1. The van der Waals surface area contributed by atoms with E-state index in [1.807, 2.05) is 0 Å². The molecule has 0 spiro atoms. The van der Waals surface area contributed by atoms with Crippen LogP contribution in [0.15, 0.2) is 66.2 Å². The fourth-order valence-corrected chi connectivity index (χ4v) is 4.49. The summed E-state index contributed by atoms with van der Waals surface area (Å²) in [6.07, 6.45) is 0. The van der Waals surface area contributed by atoms with Crippen LogP contribution in [0, 0.1) is 5.82 Å².